The zero-order valence-corrected chi connectivity index (χ0v) is 17.8. The fourth-order valence-corrected chi connectivity index (χ4v) is 3.43. The number of benzene rings is 1. The van der Waals surface area contributed by atoms with E-state index in [9.17, 15) is 5.11 Å². The minimum atomic E-state index is 0.163. The van der Waals surface area contributed by atoms with E-state index in [1.807, 2.05) is 24.3 Å². The summed E-state index contributed by atoms with van der Waals surface area (Å²) in [6.07, 6.45) is 16.9. The summed E-state index contributed by atoms with van der Waals surface area (Å²) < 4.78 is 11.2. The van der Waals surface area contributed by atoms with E-state index in [0.29, 0.717) is 6.61 Å². The molecule has 1 rings (SSSR count). The molecular weight excluding hydrogens is 336 g/mol. The first kappa shape index (κ1) is 24.0. The number of hydrogen-bond acceptors (Lipinski definition) is 3. The second kappa shape index (κ2) is 17.1. The molecule has 0 spiro atoms. The molecule has 1 aromatic carbocycles. The Morgan fingerprint density at radius 3 is 1.85 bits per heavy atom. The Kier molecular flexibility index (Phi) is 15.2. The summed E-state index contributed by atoms with van der Waals surface area (Å²) in [6.45, 7) is 3.08. The fraction of sp³-hybridized carbons (Fsp3) is 0.750. The molecular formula is C24H42O3. The van der Waals surface area contributed by atoms with Gasteiger partial charge in [-0.05, 0) is 30.5 Å². The molecule has 1 atom stereocenters. The average Bonchev–Trinajstić information content (AvgIpc) is 2.70. The number of rotatable bonds is 18. The van der Waals surface area contributed by atoms with Crippen molar-refractivity contribution in [3.8, 4) is 5.75 Å². The predicted octanol–water partition coefficient (Wildman–Crippen LogP) is 6.66. The standard InChI is InChI=1S/C24H42O3/c1-3-4-5-6-7-8-9-10-11-12-13-14-24(19-20-25)27-21-22-15-17-23(26-2)18-16-22/h15-18,24-25H,3-14,19-21H2,1-2H3/t24-/m1/s1. The molecule has 0 saturated heterocycles. The Morgan fingerprint density at radius 2 is 1.33 bits per heavy atom. The van der Waals surface area contributed by atoms with Gasteiger partial charge in [-0.15, -0.1) is 0 Å². The molecule has 0 aliphatic heterocycles. The van der Waals surface area contributed by atoms with Gasteiger partial charge in [0.1, 0.15) is 5.75 Å². The highest BCUT2D eigenvalue weighted by Crippen LogP contribution is 2.17. The number of ether oxygens (including phenoxy) is 2. The lowest BCUT2D eigenvalue weighted by Gasteiger charge is -2.17. The summed E-state index contributed by atoms with van der Waals surface area (Å²) in [5.74, 6) is 0.867. The number of aliphatic hydroxyl groups is 1. The summed E-state index contributed by atoms with van der Waals surface area (Å²) in [5.41, 5.74) is 1.15. The highest BCUT2D eigenvalue weighted by Gasteiger charge is 2.09. The minimum absolute atomic E-state index is 0.163. The molecule has 1 aromatic rings. The zero-order chi connectivity index (χ0) is 19.6. The maximum atomic E-state index is 9.28. The largest absolute Gasteiger partial charge is 0.497 e. The lowest BCUT2D eigenvalue weighted by molar-refractivity contribution is 0.0174. The average molecular weight is 379 g/mol. The van der Waals surface area contributed by atoms with Crippen LogP contribution in [0.25, 0.3) is 0 Å². The zero-order valence-electron chi connectivity index (χ0n) is 17.8. The van der Waals surface area contributed by atoms with E-state index < -0.39 is 0 Å². The molecule has 27 heavy (non-hydrogen) atoms. The minimum Gasteiger partial charge on any atom is -0.497 e. The maximum Gasteiger partial charge on any atom is 0.118 e. The van der Waals surface area contributed by atoms with Crippen LogP contribution in [0.15, 0.2) is 24.3 Å². The summed E-state index contributed by atoms with van der Waals surface area (Å²) in [6, 6.07) is 8.00. The van der Waals surface area contributed by atoms with Crippen molar-refractivity contribution in [3.05, 3.63) is 29.8 Å². The first-order valence-electron chi connectivity index (χ1n) is 11.2. The van der Waals surface area contributed by atoms with Crippen LogP contribution in [0.1, 0.15) is 96.0 Å². The molecule has 3 nitrogen and oxygen atoms in total. The van der Waals surface area contributed by atoms with Gasteiger partial charge in [-0.1, -0.05) is 89.7 Å². The highest BCUT2D eigenvalue weighted by molar-refractivity contribution is 5.26. The molecule has 0 aliphatic rings. The van der Waals surface area contributed by atoms with E-state index in [4.69, 9.17) is 9.47 Å². The topological polar surface area (TPSA) is 38.7 Å². The van der Waals surface area contributed by atoms with Crippen molar-refractivity contribution in [2.45, 2.75) is 103 Å². The van der Waals surface area contributed by atoms with Gasteiger partial charge >= 0.3 is 0 Å². The molecule has 0 unspecified atom stereocenters. The highest BCUT2D eigenvalue weighted by atomic mass is 16.5. The van der Waals surface area contributed by atoms with Gasteiger partial charge in [0.25, 0.3) is 0 Å². The van der Waals surface area contributed by atoms with Gasteiger partial charge in [-0.25, -0.2) is 0 Å². The Bertz CT molecular complexity index is 430. The van der Waals surface area contributed by atoms with Crippen molar-refractivity contribution in [2.75, 3.05) is 13.7 Å². The summed E-state index contributed by atoms with van der Waals surface area (Å²) in [7, 11) is 1.68. The third kappa shape index (κ3) is 12.9. The third-order valence-electron chi connectivity index (χ3n) is 5.23. The van der Waals surface area contributed by atoms with Gasteiger partial charge in [-0.3, -0.25) is 0 Å². The molecule has 1 N–H and O–H groups in total. The van der Waals surface area contributed by atoms with E-state index in [2.05, 4.69) is 6.92 Å². The lowest BCUT2D eigenvalue weighted by atomic mass is 10.0. The van der Waals surface area contributed by atoms with Gasteiger partial charge in [-0.2, -0.15) is 0 Å². The molecule has 0 fully saturated rings. The van der Waals surface area contributed by atoms with Crippen molar-refractivity contribution < 1.29 is 14.6 Å². The first-order valence-corrected chi connectivity index (χ1v) is 11.2. The van der Waals surface area contributed by atoms with Gasteiger partial charge < -0.3 is 14.6 Å². The number of methoxy groups -OCH3 is 1. The van der Waals surface area contributed by atoms with Gasteiger partial charge in [0, 0.05) is 6.61 Å². The number of hydrogen-bond donors (Lipinski definition) is 1. The number of unbranched alkanes of at least 4 members (excludes halogenated alkanes) is 10. The molecule has 156 valence electrons. The van der Waals surface area contributed by atoms with Crippen LogP contribution in [0.4, 0.5) is 0 Å². The van der Waals surface area contributed by atoms with Crippen molar-refractivity contribution >= 4 is 0 Å². The van der Waals surface area contributed by atoms with Crippen LogP contribution in [0.2, 0.25) is 0 Å². The van der Waals surface area contributed by atoms with Crippen LogP contribution >= 0.6 is 0 Å². The van der Waals surface area contributed by atoms with Crippen molar-refractivity contribution in [1.29, 1.82) is 0 Å². The SMILES string of the molecule is CCCCCCCCCCCCC[C@H](CCO)OCc1ccc(OC)cc1. The lowest BCUT2D eigenvalue weighted by Crippen LogP contribution is -2.14. The summed E-state index contributed by atoms with van der Waals surface area (Å²) in [4.78, 5) is 0. The van der Waals surface area contributed by atoms with E-state index in [1.165, 1.54) is 70.6 Å². The summed E-state index contributed by atoms with van der Waals surface area (Å²) >= 11 is 0. The van der Waals surface area contributed by atoms with Crippen molar-refractivity contribution in [3.63, 3.8) is 0 Å². The van der Waals surface area contributed by atoms with Crippen molar-refractivity contribution in [1.82, 2.24) is 0 Å². The van der Waals surface area contributed by atoms with Crippen LogP contribution in [-0.2, 0) is 11.3 Å². The predicted molar refractivity (Wildman–Crippen MR) is 114 cm³/mol. The van der Waals surface area contributed by atoms with E-state index in [1.54, 1.807) is 7.11 Å². The molecule has 0 radical (unpaired) electrons. The number of aliphatic hydroxyl groups excluding tert-OH is 1. The quantitative estimate of drug-likeness (QED) is 0.290. The Morgan fingerprint density at radius 1 is 0.778 bits per heavy atom. The van der Waals surface area contributed by atoms with E-state index in [-0.39, 0.29) is 12.7 Å². The molecule has 0 aromatic heterocycles. The maximum absolute atomic E-state index is 9.28. The third-order valence-corrected chi connectivity index (χ3v) is 5.23. The van der Waals surface area contributed by atoms with Gasteiger partial charge in [0.2, 0.25) is 0 Å². The smallest absolute Gasteiger partial charge is 0.118 e. The van der Waals surface area contributed by atoms with Crippen LogP contribution in [0.5, 0.6) is 5.75 Å². The van der Waals surface area contributed by atoms with Gasteiger partial charge in [0.05, 0.1) is 19.8 Å². The fourth-order valence-electron chi connectivity index (χ4n) is 3.43. The second-order valence-corrected chi connectivity index (χ2v) is 7.62. The van der Waals surface area contributed by atoms with Crippen LogP contribution in [-0.4, -0.2) is 24.9 Å². The second-order valence-electron chi connectivity index (χ2n) is 7.62. The molecule has 0 saturated carbocycles. The van der Waals surface area contributed by atoms with E-state index >= 15 is 0 Å². The monoisotopic (exact) mass is 378 g/mol. The van der Waals surface area contributed by atoms with Crippen LogP contribution in [0, 0.1) is 0 Å². The van der Waals surface area contributed by atoms with Crippen LogP contribution < -0.4 is 4.74 Å². The van der Waals surface area contributed by atoms with Crippen LogP contribution in [0.3, 0.4) is 0 Å². The molecule has 0 heterocycles. The Balaban J connectivity index is 2.05. The summed E-state index contributed by atoms with van der Waals surface area (Å²) in [5, 5.41) is 9.28. The molecule has 3 heteroatoms. The molecule has 0 amide bonds. The normalized spacial score (nSPS) is 12.3. The molecule has 0 bridgehead atoms. The Hall–Kier alpha value is -1.06. The first-order chi connectivity index (χ1) is 13.3. The van der Waals surface area contributed by atoms with Crippen molar-refractivity contribution in [2.24, 2.45) is 0 Å². The Labute approximate surface area is 167 Å². The van der Waals surface area contributed by atoms with E-state index in [0.717, 1.165) is 24.2 Å². The van der Waals surface area contributed by atoms with Gasteiger partial charge in [0.15, 0.2) is 0 Å². The molecule has 0 aliphatic carbocycles.